The minimum absolute atomic E-state index is 0.442. The van der Waals surface area contributed by atoms with Crippen molar-refractivity contribution in [1.29, 1.82) is 0 Å². The van der Waals surface area contributed by atoms with Crippen LogP contribution in [0.25, 0.3) is 6.08 Å². The summed E-state index contributed by atoms with van der Waals surface area (Å²) in [5.74, 6) is 0. The van der Waals surface area contributed by atoms with Crippen molar-refractivity contribution in [2.24, 2.45) is 0 Å². The van der Waals surface area contributed by atoms with Crippen LogP contribution in [-0.2, 0) is 10.0 Å². The Morgan fingerprint density at radius 1 is 1.00 bits per heavy atom. The van der Waals surface area contributed by atoms with E-state index in [1.807, 2.05) is 30.3 Å². The summed E-state index contributed by atoms with van der Waals surface area (Å²) in [4.78, 5) is 0. The second-order valence-corrected chi connectivity index (χ2v) is 5.55. The maximum Gasteiger partial charge on any atom is 0.255 e. The maximum absolute atomic E-state index is 11.8. The van der Waals surface area contributed by atoms with Gasteiger partial charge in [0, 0.05) is 5.69 Å². The Morgan fingerprint density at radius 3 is 2.42 bits per heavy atom. The summed E-state index contributed by atoms with van der Waals surface area (Å²) in [5.41, 5.74) is 7.36. The highest BCUT2D eigenvalue weighted by molar-refractivity contribution is 7.95. The first-order chi connectivity index (χ1) is 9.05. The molecule has 3 N–H and O–H groups in total. The summed E-state index contributed by atoms with van der Waals surface area (Å²) in [7, 11) is -3.54. The van der Waals surface area contributed by atoms with Crippen LogP contribution in [-0.4, -0.2) is 8.42 Å². The Bertz CT molecular complexity index is 680. The van der Waals surface area contributed by atoms with Crippen LogP contribution in [0.2, 0.25) is 0 Å². The first-order valence-electron chi connectivity index (χ1n) is 5.67. The smallest absolute Gasteiger partial charge is 0.255 e. The molecule has 0 atom stereocenters. The number of nitrogens with two attached hydrogens (primary N) is 1. The van der Waals surface area contributed by atoms with Gasteiger partial charge >= 0.3 is 0 Å². The summed E-state index contributed by atoms with van der Waals surface area (Å²) in [5, 5.41) is 1.13. The third-order valence-electron chi connectivity index (χ3n) is 2.39. The molecule has 5 heteroatoms. The van der Waals surface area contributed by atoms with Crippen molar-refractivity contribution >= 4 is 27.5 Å². The molecule has 0 amide bonds. The van der Waals surface area contributed by atoms with Gasteiger partial charge in [-0.3, -0.25) is 4.72 Å². The SMILES string of the molecule is Nc1cccc(NS(=O)(=O)/C=C/c2ccccc2)c1. The molecule has 0 aliphatic carbocycles. The van der Waals surface area contributed by atoms with Crippen LogP contribution in [0.15, 0.2) is 60.0 Å². The molecular weight excluding hydrogens is 260 g/mol. The van der Waals surface area contributed by atoms with Crippen molar-refractivity contribution in [2.45, 2.75) is 0 Å². The minimum Gasteiger partial charge on any atom is -0.399 e. The molecule has 0 fully saturated rings. The normalized spacial score (nSPS) is 11.6. The van der Waals surface area contributed by atoms with Crippen LogP contribution in [0.5, 0.6) is 0 Å². The van der Waals surface area contributed by atoms with Crippen molar-refractivity contribution in [2.75, 3.05) is 10.5 Å². The molecule has 0 unspecified atom stereocenters. The fourth-order valence-electron chi connectivity index (χ4n) is 1.53. The molecule has 0 radical (unpaired) electrons. The van der Waals surface area contributed by atoms with Gasteiger partial charge < -0.3 is 5.73 Å². The van der Waals surface area contributed by atoms with Crippen LogP contribution in [0.1, 0.15) is 5.56 Å². The number of rotatable bonds is 4. The lowest BCUT2D eigenvalue weighted by molar-refractivity contribution is 0.609. The summed E-state index contributed by atoms with van der Waals surface area (Å²) < 4.78 is 26.1. The van der Waals surface area contributed by atoms with E-state index >= 15 is 0 Å². The van der Waals surface area contributed by atoms with E-state index < -0.39 is 10.0 Å². The predicted octanol–water partition coefficient (Wildman–Crippen LogP) is 2.68. The summed E-state index contributed by atoms with van der Waals surface area (Å²) in [6, 6.07) is 15.8. The van der Waals surface area contributed by atoms with Crippen LogP contribution in [0.4, 0.5) is 11.4 Å². The van der Waals surface area contributed by atoms with Crippen LogP contribution in [0.3, 0.4) is 0 Å². The van der Waals surface area contributed by atoms with Gasteiger partial charge in [0.1, 0.15) is 0 Å². The van der Waals surface area contributed by atoms with Crippen molar-refractivity contribution in [3.63, 3.8) is 0 Å². The number of benzene rings is 2. The maximum atomic E-state index is 11.8. The second kappa shape index (κ2) is 5.58. The molecule has 19 heavy (non-hydrogen) atoms. The van der Waals surface area contributed by atoms with Crippen molar-refractivity contribution in [3.8, 4) is 0 Å². The third kappa shape index (κ3) is 4.15. The number of sulfonamides is 1. The zero-order valence-corrected chi connectivity index (χ0v) is 11.0. The van der Waals surface area contributed by atoms with Gasteiger partial charge in [0.25, 0.3) is 10.0 Å². The Hall–Kier alpha value is -2.27. The van der Waals surface area contributed by atoms with Gasteiger partial charge in [0.05, 0.1) is 11.1 Å². The highest BCUT2D eigenvalue weighted by Gasteiger charge is 2.05. The first kappa shape index (κ1) is 13.2. The third-order valence-corrected chi connectivity index (χ3v) is 3.40. The molecule has 0 aliphatic heterocycles. The predicted molar refractivity (Wildman–Crippen MR) is 78.9 cm³/mol. The Kier molecular flexibility index (Phi) is 3.87. The molecule has 0 aromatic heterocycles. The zero-order valence-electron chi connectivity index (χ0n) is 10.2. The Labute approximate surface area is 112 Å². The van der Waals surface area contributed by atoms with E-state index in [0.29, 0.717) is 11.4 Å². The van der Waals surface area contributed by atoms with Gasteiger partial charge in [0.15, 0.2) is 0 Å². The highest BCUT2D eigenvalue weighted by Crippen LogP contribution is 2.14. The standard InChI is InChI=1S/C14H14N2O2S/c15-13-7-4-8-14(11-13)16-19(17,18)10-9-12-5-2-1-3-6-12/h1-11,16H,15H2/b10-9+. The van der Waals surface area contributed by atoms with Gasteiger partial charge in [-0.2, -0.15) is 0 Å². The van der Waals surface area contributed by atoms with E-state index in [1.165, 1.54) is 6.08 Å². The molecule has 0 saturated heterocycles. The largest absolute Gasteiger partial charge is 0.399 e. The van der Waals surface area contributed by atoms with Gasteiger partial charge in [0.2, 0.25) is 0 Å². The fourth-order valence-corrected chi connectivity index (χ4v) is 2.39. The number of hydrogen-bond acceptors (Lipinski definition) is 3. The number of nitrogen functional groups attached to an aromatic ring is 1. The molecule has 0 saturated carbocycles. The van der Waals surface area contributed by atoms with E-state index in [2.05, 4.69) is 4.72 Å². The van der Waals surface area contributed by atoms with E-state index in [0.717, 1.165) is 11.0 Å². The van der Waals surface area contributed by atoms with E-state index in [-0.39, 0.29) is 0 Å². The molecule has 0 heterocycles. The lowest BCUT2D eigenvalue weighted by Crippen LogP contribution is -2.08. The van der Waals surface area contributed by atoms with Gasteiger partial charge in [-0.25, -0.2) is 8.42 Å². The summed E-state index contributed by atoms with van der Waals surface area (Å²) >= 11 is 0. The van der Waals surface area contributed by atoms with Crippen molar-refractivity contribution in [1.82, 2.24) is 0 Å². The molecule has 2 aromatic carbocycles. The quantitative estimate of drug-likeness (QED) is 0.842. The summed E-state index contributed by atoms with van der Waals surface area (Å²) in [6.45, 7) is 0. The topological polar surface area (TPSA) is 72.2 Å². The van der Waals surface area contributed by atoms with Crippen molar-refractivity contribution < 1.29 is 8.42 Å². The van der Waals surface area contributed by atoms with Crippen LogP contribution < -0.4 is 10.5 Å². The molecule has 0 bridgehead atoms. The number of hydrogen-bond donors (Lipinski definition) is 2. The minimum atomic E-state index is -3.54. The van der Waals surface area contributed by atoms with Gasteiger partial charge in [-0.15, -0.1) is 0 Å². The molecule has 98 valence electrons. The van der Waals surface area contributed by atoms with Gasteiger partial charge in [-0.1, -0.05) is 36.4 Å². The Morgan fingerprint density at radius 2 is 1.74 bits per heavy atom. The fraction of sp³-hybridized carbons (Fsp3) is 0. The molecule has 2 aromatic rings. The molecule has 0 spiro atoms. The van der Waals surface area contributed by atoms with E-state index in [9.17, 15) is 8.42 Å². The molecule has 4 nitrogen and oxygen atoms in total. The van der Waals surface area contributed by atoms with E-state index in [1.54, 1.807) is 24.3 Å². The monoisotopic (exact) mass is 274 g/mol. The first-order valence-corrected chi connectivity index (χ1v) is 7.21. The second-order valence-electron chi connectivity index (χ2n) is 3.99. The number of anilines is 2. The van der Waals surface area contributed by atoms with Crippen LogP contribution >= 0.6 is 0 Å². The lowest BCUT2D eigenvalue weighted by Gasteiger charge is -2.04. The zero-order chi connectivity index (χ0) is 13.7. The average molecular weight is 274 g/mol. The molecule has 2 rings (SSSR count). The number of nitrogens with one attached hydrogen (secondary N) is 1. The summed E-state index contributed by atoms with van der Waals surface area (Å²) in [6.07, 6.45) is 1.54. The van der Waals surface area contributed by atoms with E-state index in [4.69, 9.17) is 5.73 Å². The van der Waals surface area contributed by atoms with Crippen molar-refractivity contribution in [3.05, 3.63) is 65.6 Å². The average Bonchev–Trinajstić information content (AvgIpc) is 2.37. The van der Waals surface area contributed by atoms with Crippen LogP contribution in [0, 0.1) is 0 Å². The molecular formula is C14H14N2O2S. The van der Waals surface area contributed by atoms with Gasteiger partial charge in [-0.05, 0) is 29.8 Å². The Balaban J connectivity index is 2.13. The lowest BCUT2D eigenvalue weighted by atomic mass is 10.2. The highest BCUT2D eigenvalue weighted by atomic mass is 32.2. The molecule has 0 aliphatic rings.